The van der Waals surface area contributed by atoms with Crippen LogP contribution in [0.2, 0.25) is 0 Å². The zero-order chi connectivity index (χ0) is 21.7. The summed E-state index contributed by atoms with van der Waals surface area (Å²) in [6.07, 6.45) is 2.40. The van der Waals surface area contributed by atoms with Gasteiger partial charge in [0.2, 0.25) is 10.0 Å². The van der Waals surface area contributed by atoms with E-state index in [9.17, 15) is 18.5 Å². The van der Waals surface area contributed by atoms with Gasteiger partial charge < -0.3 is 4.74 Å². The van der Waals surface area contributed by atoms with Gasteiger partial charge in [-0.3, -0.25) is 10.1 Å². The molecule has 160 valence electrons. The van der Waals surface area contributed by atoms with Crippen LogP contribution in [0.15, 0.2) is 47.4 Å². The van der Waals surface area contributed by atoms with Crippen molar-refractivity contribution in [2.75, 3.05) is 13.7 Å². The summed E-state index contributed by atoms with van der Waals surface area (Å²) in [6, 6.07) is 11.1. The van der Waals surface area contributed by atoms with E-state index in [1.54, 1.807) is 11.4 Å². The fraction of sp³-hybridized carbons (Fsp3) is 0.455. The lowest BCUT2D eigenvalue weighted by atomic mass is 9.61. The highest BCUT2D eigenvalue weighted by atomic mass is 32.2. The van der Waals surface area contributed by atoms with E-state index in [4.69, 9.17) is 4.74 Å². The zero-order valence-electron chi connectivity index (χ0n) is 17.4. The van der Waals surface area contributed by atoms with E-state index in [0.29, 0.717) is 13.0 Å². The molecular formula is C22H26N2O5S. The summed E-state index contributed by atoms with van der Waals surface area (Å²) in [5.74, 6) is 0.991. The Morgan fingerprint density at radius 3 is 2.50 bits per heavy atom. The Labute approximate surface area is 176 Å². The van der Waals surface area contributed by atoms with Crippen molar-refractivity contribution in [2.24, 2.45) is 5.92 Å². The highest BCUT2D eigenvalue weighted by molar-refractivity contribution is 7.89. The van der Waals surface area contributed by atoms with Crippen LogP contribution < -0.4 is 4.74 Å². The first-order valence-corrected chi connectivity index (χ1v) is 11.5. The van der Waals surface area contributed by atoms with Crippen LogP contribution in [-0.2, 0) is 21.9 Å². The van der Waals surface area contributed by atoms with Gasteiger partial charge in [-0.25, -0.2) is 8.42 Å². The number of benzene rings is 2. The third-order valence-electron chi connectivity index (χ3n) is 6.75. The Morgan fingerprint density at radius 1 is 1.17 bits per heavy atom. The Balaban J connectivity index is 1.73. The maximum absolute atomic E-state index is 13.5. The molecule has 1 heterocycles. The van der Waals surface area contributed by atoms with Gasteiger partial charge in [-0.2, -0.15) is 4.31 Å². The van der Waals surface area contributed by atoms with Crippen molar-refractivity contribution in [2.45, 2.75) is 49.5 Å². The third kappa shape index (κ3) is 3.28. The maximum Gasteiger partial charge on any atom is 0.269 e. The number of methoxy groups -OCH3 is 1. The summed E-state index contributed by atoms with van der Waals surface area (Å²) in [5, 5.41) is 10.9. The predicted octanol–water partition coefficient (Wildman–Crippen LogP) is 3.91. The maximum atomic E-state index is 13.5. The van der Waals surface area contributed by atoms with E-state index in [1.807, 2.05) is 12.1 Å². The van der Waals surface area contributed by atoms with Crippen molar-refractivity contribution in [3.8, 4) is 5.75 Å². The van der Waals surface area contributed by atoms with Gasteiger partial charge in [-0.05, 0) is 66.0 Å². The second kappa shape index (κ2) is 7.35. The summed E-state index contributed by atoms with van der Waals surface area (Å²) in [7, 11) is -2.10. The molecule has 0 aromatic heterocycles. The summed E-state index contributed by atoms with van der Waals surface area (Å²) in [6.45, 7) is 4.83. The SMILES string of the molecule is COc1ccc2c(c1)C(C)(C)[C@@H]1CCCN(S(=O)(=O)c3ccc([N+](=O)[O-])cc3)[C@H]1C2. The molecule has 2 aliphatic rings. The molecule has 0 radical (unpaired) electrons. The Kier molecular flexibility index (Phi) is 5.10. The number of non-ortho nitro benzene ring substituents is 1. The molecule has 0 saturated carbocycles. The Bertz CT molecular complexity index is 1080. The molecule has 1 aliphatic carbocycles. The molecule has 0 spiro atoms. The highest BCUT2D eigenvalue weighted by Gasteiger charge is 2.49. The van der Waals surface area contributed by atoms with Gasteiger partial charge in [0.25, 0.3) is 5.69 Å². The lowest BCUT2D eigenvalue weighted by Gasteiger charge is -2.51. The van der Waals surface area contributed by atoms with Crippen molar-refractivity contribution < 1.29 is 18.1 Å². The summed E-state index contributed by atoms with van der Waals surface area (Å²) in [5.41, 5.74) is 2.05. The second-order valence-electron chi connectivity index (χ2n) is 8.63. The van der Waals surface area contributed by atoms with Crippen molar-refractivity contribution in [1.29, 1.82) is 0 Å². The van der Waals surface area contributed by atoms with Crippen LogP contribution in [0.1, 0.15) is 37.8 Å². The molecule has 0 amide bonds. The quantitative estimate of drug-likeness (QED) is 0.542. The van der Waals surface area contributed by atoms with E-state index in [0.717, 1.165) is 24.2 Å². The molecule has 2 atom stereocenters. The molecule has 2 aromatic rings. The fourth-order valence-corrected chi connectivity index (χ4v) is 6.87. The normalized spacial score (nSPS) is 23.3. The molecule has 7 nitrogen and oxygen atoms in total. The van der Waals surface area contributed by atoms with E-state index < -0.39 is 14.9 Å². The lowest BCUT2D eigenvalue weighted by molar-refractivity contribution is -0.384. The lowest BCUT2D eigenvalue weighted by Crippen LogP contribution is -2.56. The number of ether oxygens (including phenoxy) is 1. The number of nitro benzene ring substituents is 1. The van der Waals surface area contributed by atoms with E-state index in [-0.39, 0.29) is 28.0 Å². The van der Waals surface area contributed by atoms with Gasteiger partial charge in [0.05, 0.1) is 16.9 Å². The largest absolute Gasteiger partial charge is 0.497 e. The molecule has 0 unspecified atom stereocenters. The summed E-state index contributed by atoms with van der Waals surface area (Å²) < 4.78 is 34.0. The van der Waals surface area contributed by atoms with Crippen LogP contribution in [0.4, 0.5) is 5.69 Å². The molecule has 8 heteroatoms. The third-order valence-corrected chi connectivity index (χ3v) is 8.69. The van der Waals surface area contributed by atoms with Crippen LogP contribution >= 0.6 is 0 Å². The number of rotatable bonds is 4. The molecule has 0 bridgehead atoms. The number of piperidine rings is 1. The topological polar surface area (TPSA) is 89.8 Å². The number of hydrogen-bond donors (Lipinski definition) is 0. The standard InChI is InChI=1S/C22H26N2O5S/c1-22(2)19-5-4-12-23(21(19)13-15-6-9-17(29-3)14-20(15)22)30(27,28)18-10-7-16(8-11-18)24(25)26/h6-11,14,19,21H,4-5,12-13H2,1-3H3/t19-,21+/m1/s1. The average molecular weight is 431 g/mol. The predicted molar refractivity (Wildman–Crippen MR) is 113 cm³/mol. The van der Waals surface area contributed by atoms with Gasteiger partial charge in [-0.1, -0.05) is 19.9 Å². The molecule has 4 rings (SSSR count). The molecule has 30 heavy (non-hydrogen) atoms. The van der Waals surface area contributed by atoms with E-state index in [2.05, 4.69) is 19.9 Å². The minimum Gasteiger partial charge on any atom is -0.497 e. The minimum atomic E-state index is -3.75. The van der Waals surface area contributed by atoms with E-state index in [1.165, 1.54) is 29.8 Å². The Hall–Kier alpha value is -2.45. The van der Waals surface area contributed by atoms with Crippen molar-refractivity contribution in [1.82, 2.24) is 4.31 Å². The average Bonchev–Trinajstić information content (AvgIpc) is 2.73. The molecule has 1 aliphatic heterocycles. The molecule has 1 saturated heterocycles. The first-order chi connectivity index (χ1) is 14.2. The van der Waals surface area contributed by atoms with Crippen LogP contribution in [0.25, 0.3) is 0 Å². The fourth-order valence-electron chi connectivity index (χ4n) is 5.17. The number of sulfonamides is 1. The van der Waals surface area contributed by atoms with Gasteiger partial charge in [-0.15, -0.1) is 0 Å². The number of nitrogens with zero attached hydrogens (tertiary/aromatic N) is 2. The smallest absolute Gasteiger partial charge is 0.269 e. The van der Waals surface area contributed by atoms with Gasteiger partial charge in [0.1, 0.15) is 5.75 Å². The molecule has 2 aromatic carbocycles. The van der Waals surface area contributed by atoms with Gasteiger partial charge in [0.15, 0.2) is 0 Å². The second-order valence-corrected chi connectivity index (χ2v) is 10.5. The monoisotopic (exact) mass is 430 g/mol. The first kappa shape index (κ1) is 20.8. The van der Waals surface area contributed by atoms with Gasteiger partial charge >= 0.3 is 0 Å². The van der Waals surface area contributed by atoms with Crippen LogP contribution in [0.3, 0.4) is 0 Å². The van der Waals surface area contributed by atoms with Crippen molar-refractivity contribution in [3.05, 3.63) is 63.7 Å². The van der Waals surface area contributed by atoms with E-state index >= 15 is 0 Å². The molecule has 1 fully saturated rings. The van der Waals surface area contributed by atoms with Crippen LogP contribution in [0.5, 0.6) is 5.75 Å². The van der Waals surface area contributed by atoms with Gasteiger partial charge in [0, 0.05) is 24.7 Å². The molecular weight excluding hydrogens is 404 g/mol. The van der Waals surface area contributed by atoms with Crippen LogP contribution in [-0.4, -0.2) is 37.3 Å². The number of fused-ring (bicyclic) bond motifs is 2. The minimum absolute atomic E-state index is 0.104. The zero-order valence-corrected chi connectivity index (χ0v) is 18.2. The number of nitro groups is 1. The Morgan fingerprint density at radius 2 is 1.87 bits per heavy atom. The first-order valence-electron chi connectivity index (χ1n) is 10.1. The summed E-state index contributed by atoms with van der Waals surface area (Å²) in [4.78, 5) is 10.5. The molecule has 0 N–H and O–H groups in total. The van der Waals surface area contributed by atoms with Crippen molar-refractivity contribution in [3.63, 3.8) is 0 Å². The number of hydrogen-bond acceptors (Lipinski definition) is 5. The highest BCUT2D eigenvalue weighted by Crippen LogP contribution is 2.48. The summed E-state index contributed by atoms with van der Waals surface area (Å²) >= 11 is 0. The van der Waals surface area contributed by atoms with Crippen LogP contribution in [0, 0.1) is 16.0 Å². The van der Waals surface area contributed by atoms with Crippen molar-refractivity contribution >= 4 is 15.7 Å².